The molecular formula is C12H21NO2S. The van der Waals surface area contributed by atoms with E-state index in [1.54, 1.807) is 0 Å². The van der Waals surface area contributed by atoms with E-state index in [9.17, 15) is 9.00 Å². The van der Waals surface area contributed by atoms with Gasteiger partial charge in [-0.05, 0) is 18.8 Å². The first-order valence-corrected chi connectivity index (χ1v) is 7.74. The molecule has 1 aliphatic heterocycles. The van der Waals surface area contributed by atoms with Gasteiger partial charge in [0.15, 0.2) is 0 Å². The Balaban J connectivity index is 1.83. The predicted octanol–water partition coefficient (Wildman–Crippen LogP) is 1.06. The summed E-state index contributed by atoms with van der Waals surface area (Å²) in [5.41, 5.74) is 0. The molecular weight excluding hydrogens is 222 g/mol. The molecule has 1 saturated heterocycles. The zero-order valence-corrected chi connectivity index (χ0v) is 10.8. The van der Waals surface area contributed by atoms with Gasteiger partial charge in [0.25, 0.3) is 0 Å². The van der Waals surface area contributed by atoms with Crippen LogP contribution in [0.4, 0.5) is 0 Å². The van der Waals surface area contributed by atoms with E-state index < -0.39 is 10.8 Å². The van der Waals surface area contributed by atoms with Gasteiger partial charge in [0, 0.05) is 54.3 Å². The van der Waals surface area contributed by atoms with Crippen LogP contribution >= 0.6 is 0 Å². The molecule has 0 aromatic heterocycles. The highest BCUT2D eigenvalue weighted by Crippen LogP contribution is 2.26. The van der Waals surface area contributed by atoms with Crippen molar-refractivity contribution in [1.82, 2.24) is 4.90 Å². The second-order valence-corrected chi connectivity index (χ2v) is 6.89. The SMILES string of the molecule is CC1CCC(=O)C(CN2CCS(=O)CC2)C1. The summed E-state index contributed by atoms with van der Waals surface area (Å²) in [6, 6.07) is 0. The van der Waals surface area contributed by atoms with Crippen LogP contribution in [0.2, 0.25) is 0 Å². The number of Topliss-reactive ketones (excluding diaryl/α,β-unsaturated/α-hetero) is 1. The Kier molecular flexibility index (Phi) is 4.14. The molecule has 0 amide bonds. The third kappa shape index (κ3) is 3.14. The van der Waals surface area contributed by atoms with Gasteiger partial charge in [0.1, 0.15) is 5.78 Å². The maximum absolute atomic E-state index is 11.8. The zero-order chi connectivity index (χ0) is 11.5. The summed E-state index contributed by atoms with van der Waals surface area (Å²) in [5.74, 6) is 2.97. The normalized spacial score (nSPS) is 34.2. The van der Waals surface area contributed by atoms with Crippen LogP contribution in [0, 0.1) is 11.8 Å². The van der Waals surface area contributed by atoms with E-state index in [4.69, 9.17) is 0 Å². The first-order valence-electron chi connectivity index (χ1n) is 6.25. The molecule has 2 atom stereocenters. The topological polar surface area (TPSA) is 37.4 Å². The number of nitrogens with zero attached hydrogens (tertiary/aromatic N) is 1. The Morgan fingerprint density at radius 2 is 2.06 bits per heavy atom. The molecule has 1 aliphatic carbocycles. The van der Waals surface area contributed by atoms with Crippen LogP contribution in [0.3, 0.4) is 0 Å². The summed E-state index contributed by atoms with van der Waals surface area (Å²) in [5, 5.41) is 0. The Morgan fingerprint density at radius 3 is 2.75 bits per heavy atom. The minimum Gasteiger partial charge on any atom is -0.301 e. The van der Waals surface area contributed by atoms with E-state index in [0.29, 0.717) is 11.7 Å². The highest BCUT2D eigenvalue weighted by atomic mass is 32.2. The summed E-state index contributed by atoms with van der Waals surface area (Å²) >= 11 is 0. The van der Waals surface area contributed by atoms with E-state index in [1.165, 1.54) is 0 Å². The maximum atomic E-state index is 11.8. The molecule has 2 fully saturated rings. The molecule has 0 bridgehead atoms. The summed E-state index contributed by atoms with van der Waals surface area (Å²) in [6.45, 7) is 4.96. The quantitative estimate of drug-likeness (QED) is 0.727. The molecule has 0 radical (unpaired) electrons. The van der Waals surface area contributed by atoms with Crippen molar-refractivity contribution in [1.29, 1.82) is 0 Å². The van der Waals surface area contributed by atoms with Crippen molar-refractivity contribution in [2.75, 3.05) is 31.1 Å². The lowest BCUT2D eigenvalue weighted by Crippen LogP contribution is -2.43. The summed E-state index contributed by atoms with van der Waals surface area (Å²) in [7, 11) is -0.610. The van der Waals surface area contributed by atoms with Crippen molar-refractivity contribution in [2.24, 2.45) is 11.8 Å². The van der Waals surface area contributed by atoms with Crippen molar-refractivity contribution in [3.8, 4) is 0 Å². The third-order valence-corrected chi connectivity index (χ3v) is 5.05. The number of carbonyl (C=O) groups is 1. The molecule has 2 aliphatic rings. The largest absolute Gasteiger partial charge is 0.301 e. The lowest BCUT2D eigenvalue weighted by molar-refractivity contribution is -0.126. The summed E-state index contributed by atoms with van der Waals surface area (Å²) in [4.78, 5) is 14.1. The van der Waals surface area contributed by atoms with Crippen molar-refractivity contribution < 1.29 is 9.00 Å². The Bertz CT molecular complexity index is 283. The van der Waals surface area contributed by atoms with Gasteiger partial charge in [0.05, 0.1) is 0 Å². The van der Waals surface area contributed by atoms with Crippen LogP contribution in [-0.2, 0) is 15.6 Å². The summed E-state index contributed by atoms with van der Waals surface area (Å²) < 4.78 is 11.2. The molecule has 4 heteroatoms. The van der Waals surface area contributed by atoms with Gasteiger partial charge >= 0.3 is 0 Å². The van der Waals surface area contributed by atoms with E-state index >= 15 is 0 Å². The van der Waals surface area contributed by atoms with Crippen LogP contribution in [-0.4, -0.2) is 46.0 Å². The Hall–Kier alpha value is -0.220. The van der Waals surface area contributed by atoms with E-state index in [2.05, 4.69) is 11.8 Å². The fraction of sp³-hybridized carbons (Fsp3) is 0.917. The van der Waals surface area contributed by atoms with Crippen molar-refractivity contribution in [3.63, 3.8) is 0 Å². The van der Waals surface area contributed by atoms with Crippen molar-refractivity contribution in [3.05, 3.63) is 0 Å². The van der Waals surface area contributed by atoms with E-state index in [1.807, 2.05) is 0 Å². The lowest BCUT2D eigenvalue weighted by Gasteiger charge is -2.32. The van der Waals surface area contributed by atoms with Gasteiger partial charge in [-0.25, -0.2) is 0 Å². The minimum atomic E-state index is -0.610. The standard InChI is InChI=1S/C12H21NO2S/c1-10-2-3-12(14)11(8-10)9-13-4-6-16(15)7-5-13/h10-11H,2-9H2,1H3. The molecule has 0 aromatic rings. The molecule has 2 unspecified atom stereocenters. The fourth-order valence-electron chi connectivity index (χ4n) is 2.67. The van der Waals surface area contributed by atoms with Gasteiger partial charge < -0.3 is 4.90 Å². The van der Waals surface area contributed by atoms with Gasteiger partial charge in [0.2, 0.25) is 0 Å². The number of hydrogen-bond donors (Lipinski definition) is 0. The van der Waals surface area contributed by atoms with Crippen LogP contribution in [0.25, 0.3) is 0 Å². The number of carbonyl (C=O) groups excluding carboxylic acids is 1. The number of hydrogen-bond acceptors (Lipinski definition) is 3. The monoisotopic (exact) mass is 243 g/mol. The maximum Gasteiger partial charge on any atom is 0.137 e. The molecule has 1 heterocycles. The molecule has 2 rings (SSSR count). The highest BCUT2D eigenvalue weighted by molar-refractivity contribution is 7.85. The Morgan fingerprint density at radius 1 is 1.38 bits per heavy atom. The molecule has 0 spiro atoms. The first kappa shape index (κ1) is 12.2. The molecule has 16 heavy (non-hydrogen) atoms. The average Bonchev–Trinajstić information content (AvgIpc) is 2.27. The first-order chi connectivity index (χ1) is 7.65. The Labute approximate surface area is 100 Å². The minimum absolute atomic E-state index is 0.246. The zero-order valence-electron chi connectivity index (χ0n) is 9.98. The van der Waals surface area contributed by atoms with Gasteiger partial charge in [-0.1, -0.05) is 6.92 Å². The van der Waals surface area contributed by atoms with Gasteiger partial charge in [-0.15, -0.1) is 0 Å². The average molecular weight is 243 g/mol. The van der Waals surface area contributed by atoms with Gasteiger partial charge in [-0.3, -0.25) is 9.00 Å². The lowest BCUT2D eigenvalue weighted by atomic mass is 9.81. The number of rotatable bonds is 2. The van der Waals surface area contributed by atoms with Crippen molar-refractivity contribution in [2.45, 2.75) is 26.2 Å². The van der Waals surface area contributed by atoms with E-state index in [-0.39, 0.29) is 5.92 Å². The number of ketones is 1. The molecule has 0 aromatic carbocycles. The van der Waals surface area contributed by atoms with Crippen LogP contribution in [0.1, 0.15) is 26.2 Å². The van der Waals surface area contributed by atoms with Crippen LogP contribution in [0.15, 0.2) is 0 Å². The highest BCUT2D eigenvalue weighted by Gasteiger charge is 2.28. The second kappa shape index (κ2) is 5.41. The van der Waals surface area contributed by atoms with E-state index in [0.717, 1.165) is 50.4 Å². The summed E-state index contributed by atoms with van der Waals surface area (Å²) in [6.07, 6.45) is 2.89. The molecule has 1 saturated carbocycles. The molecule has 92 valence electrons. The van der Waals surface area contributed by atoms with Gasteiger partial charge in [-0.2, -0.15) is 0 Å². The predicted molar refractivity (Wildman–Crippen MR) is 65.8 cm³/mol. The fourth-order valence-corrected chi connectivity index (χ4v) is 3.80. The van der Waals surface area contributed by atoms with Crippen molar-refractivity contribution >= 4 is 16.6 Å². The van der Waals surface area contributed by atoms with Crippen LogP contribution in [0.5, 0.6) is 0 Å². The second-order valence-electron chi connectivity index (χ2n) is 5.19. The molecule has 3 nitrogen and oxygen atoms in total. The third-order valence-electron chi connectivity index (χ3n) is 3.77. The molecule has 0 N–H and O–H groups in total. The van der Waals surface area contributed by atoms with Crippen LogP contribution < -0.4 is 0 Å². The smallest absolute Gasteiger partial charge is 0.137 e.